The number of rotatable bonds is 3. The molecule has 1 aliphatic heterocycles. The Kier molecular flexibility index (Phi) is 4.82. The molecule has 1 heterocycles. The Bertz CT molecular complexity index is 161. The largest absolute Gasteiger partial charge is 0.312 e. The van der Waals surface area contributed by atoms with Gasteiger partial charge in [-0.05, 0) is 25.8 Å². The molecule has 1 rings (SSSR count). The molecule has 1 saturated heterocycles. The molecule has 0 bridgehead atoms. The lowest BCUT2D eigenvalue weighted by Gasteiger charge is -2.29. The Labute approximate surface area is 86.9 Å². The van der Waals surface area contributed by atoms with Gasteiger partial charge in [0, 0.05) is 25.2 Å². The molecule has 0 aliphatic carbocycles. The number of alkyl halides is 1. The highest BCUT2D eigenvalue weighted by Crippen LogP contribution is 2.13. The summed E-state index contributed by atoms with van der Waals surface area (Å²) >= 11 is 0. The number of hydrogen-bond donors (Lipinski definition) is 1. The summed E-state index contributed by atoms with van der Waals surface area (Å²) in [5.41, 5.74) is 0. The molecule has 0 radical (unpaired) electrons. The first kappa shape index (κ1) is 11.9. The van der Waals surface area contributed by atoms with Crippen LogP contribution in [0.25, 0.3) is 0 Å². The van der Waals surface area contributed by atoms with E-state index in [-0.39, 0.29) is 6.67 Å². The lowest BCUT2D eigenvalue weighted by Crippen LogP contribution is -2.43. The molecule has 0 aromatic heterocycles. The van der Waals surface area contributed by atoms with E-state index in [9.17, 15) is 4.39 Å². The zero-order chi connectivity index (χ0) is 10.6. The van der Waals surface area contributed by atoms with Gasteiger partial charge >= 0.3 is 0 Å². The molecule has 0 aromatic carbocycles. The van der Waals surface area contributed by atoms with Crippen molar-refractivity contribution in [3.8, 4) is 0 Å². The summed E-state index contributed by atoms with van der Waals surface area (Å²) in [7, 11) is 0. The molecule has 2 atom stereocenters. The normalized spacial score (nSPS) is 30.6. The molecule has 3 heteroatoms. The molecule has 1 N–H and O–H groups in total. The summed E-state index contributed by atoms with van der Waals surface area (Å²) < 4.78 is 12.3. The molecule has 1 aliphatic rings. The monoisotopic (exact) mass is 202 g/mol. The summed E-state index contributed by atoms with van der Waals surface area (Å²) in [5, 5.41) is 3.54. The van der Waals surface area contributed by atoms with Crippen molar-refractivity contribution < 1.29 is 4.39 Å². The van der Waals surface area contributed by atoms with Gasteiger partial charge in [-0.2, -0.15) is 0 Å². The van der Waals surface area contributed by atoms with Gasteiger partial charge in [-0.15, -0.1) is 0 Å². The molecule has 84 valence electrons. The van der Waals surface area contributed by atoms with Crippen LogP contribution in [0, 0.1) is 5.92 Å². The Morgan fingerprint density at radius 2 is 2.21 bits per heavy atom. The van der Waals surface area contributed by atoms with Crippen molar-refractivity contribution in [2.75, 3.05) is 26.3 Å². The Balaban J connectivity index is 2.52. The molecule has 14 heavy (non-hydrogen) atoms. The maximum Gasteiger partial charge on any atom is 0.102 e. The Morgan fingerprint density at radius 3 is 2.79 bits per heavy atom. The van der Waals surface area contributed by atoms with Gasteiger partial charge < -0.3 is 5.32 Å². The average molecular weight is 202 g/mol. The van der Waals surface area contributed by atoms with Gasteiger partial charge in [0.15, 0.2) is 0 Å². The van der Waals surface area contributed by atoms with E-state index in [0.717, 1.165) is 19.5 Å². The number of nitrogens with zero attached hydrogens (tertiary/aromatic N) is 1. The van der Waals surface area contributed by atoms with Crippen LogP contribution in [-0.4, -0.2) is 43.3 Å². The van der Waals surface area contributed by atoms with Crippen molar-refractivity contribution in [3.05, 3.63) is 0 Å². The number of nitrogens with one attached hydrogen (secondary N) is 1. The van der Waals surface area contributed by atoms with Crippen LogP contribution >= 0.6 is 0 Å². The van der Waals surface area contributed by atoms with E-state index >= 15 is 0 Å². The minimum Gasteiger partial charge on any atom is -0.312 e. The van der Waals surface area contributed by atoms with Crippen molar-refractivity contribution in [3.63, 3.8) is 0 Å². The summed E-state index contributed by atoms with van der Waals surface area (Å²) in [6.45, 7) is 9.05. The van der Waals surface area contributed by atoms with Crippen molar-refractivity contribution >= 4 is 0 Å². The smallest absolute Gasteiger partial charge is 0.102 e. The fourth-order valence-electron chi connectivity index (χ4n) is 2.02. The van der Waals surface area contributed by atoms with Crippen LogP contribution in [0.4, 0.5) is 4.39 Å². The van der Waals surface area contributed by atoms with Crippen molar-refractivity contribution in [1.82, 2.24) is 10.2 Å². The van der Waals surface area contributed by atoms with Gasteiger partial charge in [0.2, 0.25) is 0 Å². The fraction of sp³-hybridized carbons (Fsp3) is 1.00. The van der Waals surface area contributed by atoms with Crippen LogP contribution < -0.4 is 5.32 Å². The summed E-state index contributed by atoms with van der Waals surface area (Å²) in [6.07, 6.45) is 1.13. The predicted octanol–water partition coefficient (Wildman–Crippen LogP) is 1.66. The molecule has 0 spiro atoms. The van der Waals surface area contributed by atoms with E-state index in [1.54, 1.807) is 0 Å². The summed E-state index contributed by atoms with van der Waals surface area (Å²) in [5.74, 6) is 0.627. The van der Waals surface area contributed by atoms with Crippen molar-refractivity contribution in [2.24, 2.45) is 5.92 Å². The first-order chi connectivity index (χ1) is 6.65. The molecule has 2 nitrogen and oxygen atoms in total. The van der Waals surface area contributed by atoms with Gasteiger partial charge in [-0.3, -0.25) is 4.90 Å². The zero-order valence-electron chi connectivity index (χ0n) is 9.59. The van der Waals surface area contributed by atoms with Crippen LogP contribution in [0.3, 0.4) is 0 Å². The fourth-order valence-corrected chi connectivity index (χ4v) is 2.02. The van der Waals surface area contributed by atoms with Crippen LogP contribution in [0.1, 0.15) is 27.2 Å². The van der Waals surface area contributed by atoms with Crippen LogP contribution in [0.15, 0.2) is 0 Å². The molecule has 2 unspecified atom stereocenters. The van der Waals surface area contributed by atoms with Gasteiger partial charge in [0.05, 0.1) is 0 Å². The third-order valence-corrected chi connectivity index (χ3v) is 3.20. The summed E-state index contributed by atoms with van der Waals surface area (Å²) in [4.78, 5) is 2.27. The number of hydrogen-bond acceptors (Lipinski definition) is 2. The lowest BCUT2D eigenvalue weighted by molar-refractivity contribution is 0.178. The van der Waals surface area contributed by atoms with E-state index in [4.69, 9.17) is 0 Å². The van der Waals surface area contributed by atoms with Crippen molar-refractivity contribution in [1.29, 1.82) is 0 Å². The van der Waals surface area contributed by atoms with Gasteiger partial charge in [0.1, 0.15) is 6.67 Å². The third-order valence-electron chi connectivity index (χ3n) is 3.20. The summed E-state index contributed by atoms with van der Waals surface area (Å²) in [6, 6.07) is 1.04. The maximum absolute atomic E-state index is 12.3. The topological polar surface area (TPSA) is 15.3 Å². The van der Waals surface area contributed by atoms with Gasteiger partial charge in [0.25, 0.3) is 0 Å². The lowest BCUT2D eigenvalue weighted by atomic mass is 10.0. The van der Waals surface area contributed by atoms with E-state index in [1.165, 1.54) is 0 Å². The average Bonchev–Trinajstić information content (AvgIpc) is 2.30. The second kappa shape index (κ2) is 5.66. The molecule has 0 saturated carbocycles. The van der Waals surface area contributed by atoms with Gasteiger partial charge in [-0.1, -0.05) is 13.8 Å². The predicted molar refractivity (Wildman–Crippen MR) is 58.3 cm³/mol. The number of halogens is 1. The standard InChI is InChI=1S/C11H23FN2/c1-9(2)11-8-14(7-5-12)10(3)4-6-13-11/h9-11,13H,4-8H2,1-3H3. The highest BCUT2D eigenvalue weighted by molar-refractivity contribution is 4.82. The second-order valence-corrected chi connectivity index (χ2v) is 4.63. The zero-order valence-corrected chi connectivity index (χ0v) is 9.59. The van der Waals surface area contributed by atoms with Crippen LogP contribution in [0.2, 0.25) is 0 Å². The highest BCUT2D eigenvalue weighted by atomic mass is 19.1. The Hall–Kier alpha value is -0.150. The first-order valence-electron chi connectivity index (χ1n) is 5.68. The highest BCUT2D eigenvalue weighted by Gasteiger charge is 2.23. The third kappa shape index (κ3) is 3.21. The maximum atomic E-state index is 12.3. The Morgan fingerprint density at radius 1 is 1.50 bits per heavy atom. The van der Waals surface area contributed by atoms with Crippen LogP contribution in [-0.2, 0) is 0 Å². The molecule has 0 amide bonds. The molecular formula is C11H23FN2. The molecular weight excluding hydrogens is 179 g/mol. The van der Waals surface area contributed by atoms with Crippen LogP contribution in [0.5, 0.6) is 0 Å². The van der Waals surface area contributed by atoms with E-state index < -0.39 is 0 Å². The van der Waals surface area contributed by atoms with Crippen molar-refractivity contribution in [2.45, 2.75) is 39.3 Å². The quantitative estimate of drug-likeness (QED) is 0.749. The SMILES string of the molecule is CC(C)C1CN(CCF)C(C)CCN1. The molecule has 0 aromatic rings. The molecule has 1 fully saturated rings. The second-order valence-electron chi connectivity index (χ2n) is 4.63. The van der Waals surface area contributed by atoms with Gasteiger partial charge in [-0.25, -0.2) is 4.39 Å². The minimum absolute atomic E-state index is 0.227. The van der Waals surface area contributed by atoms with E-state index in [2.05, 4.69) is 31.0 Å². The van der Waals surface area contributed by atoms with E-state index in [1.807, 2.05) is 0 Å². The van der Waals surface area contributed by atoms with E-state index in [0.29, 0.717) is 24.5 Å². The minimum atomic E-state index is -0.227. The first-order valence-corrected chi connectivity index (χ1v) is 5.68.